The number of hydrogen-bond acceptors (Lipinski definition) is 3. The highest BCUT2D eigenvalue weighted by Gasteiger charge is 2.18. The molecule has 0 aliphatic rings. The molecular weight excluding hydrogens is 349 g/mol. The van der Waals surface area contributed by atoms with Crippen LogP contribution in [-0.4, -0.2) is 20.1 Å². The molecule has 2 heterocycles. The molecule has 0 bridgehead atoms. The number of carbonyl (C=O) groups is 1. The molecule has 0 radical (unpaired) electrons. The lowest BCUT2D eigenvalue weighted by Crippen LogP contribution is -2.27. The second-order valence-electron chi connectivity index (χ2n) is 6.31. The Hall–Kier alpha value is -1.59. The van der Waals surface area contributed by atoms with Crippen LogP contribution in [0.3, 0.4) is 0 Å². The molecule has 0 unspecified atom stereocenters. The van der Waals surface area contributed by atoms with Crippen LogP contribution in [0.25, 0.3) is 0 Å². The Morgan fingerprint density at radius 3 is 2.58 bits per heavy atom. The third kappa shape index (κ3) is 3.90. The van der Waals surface area contributed by atoms with E-state index in [2.05, 4.69) is 23.5 Å². The minimum absolute atomic E-state index is 0.0808. The molecule has 0 aliphatic carbocycles. The Kier molecular flexibility index (Phi) is 5.88. The second kappa shape index (κ2) is 7.53. The lowest BCUT2D eigenvalue weighted by Gasteiger charge is -2.11. The van der Waals surface area contributed by atoms with E-state index in [1.54, 1.807) is 0 Å². The zero-order chi connectivity index (χ0) is 18.0. The van der Waals surface area contributed by atoms with Crippen LogP contribution >= 0.6 is 23.2 Å². The molecule has 0 atom stereocenters. The first kappa shape index (κ1) is 18.7. The van der Waals surface area contributed by atoms with E-state index in [-0.39, 0.29) is 22.4 Å². The first-order chi connectivity index (χ1) is 11.2. The molecule has 24 heavy (non-hydrogen) atoms. The number of Topliss-reactive ketones (excluding diaryl/α,β-unsaturated/α-hetero) is 1. The number of carbonyl (C=O) groups excluding carboxylic acids is 1. The monoisotopic (exact) mass is 369 g/mol. The summed E-state index contributed by atoms with van der Waals surface area (Å²) < 4.78 is 3.18. The van der Waals surface area contributed by atoms with Gasteiger partial charge in [-0.3, -0.25) is 9.59 Å². The van der Waals surface area contributed by atoms with Crippen LogP contribution in [0.15, 0.2) is 17.1 Å². The van der Waals surface area contributed by atoms with Gasteiger partial charge in [-0.05, 0) is 32.3 Å². The van der Waals surface area contributed by atoms with Gasteiger partial charge in [-0.1, -0.05) is 37.0 Å². The van der Waals surface area contributed by atoms with Crippen molar-refractivity contribution in [3.8, 4) is 0 Å². The molecule has 0 N–H and O–H groups in total. The molecule has 0 amide bonds. The molecule has 0 saturated heterocycles. The number of ketones is 1. The Balaban J connectivity index is 2.26. The van der Waals surface area contributed by atoms with Crippen LogP contribution in [0.2, 0.25) is 10.0 Å². The first-order valence-corrected chi connectivity index (χ1v) is 8.59. The van der Waals surface area contributed by atoms with Crippen molar-refractivity contribution >= 4 is 29.0 Å². The summed E-state index contributed by atoms with van der Waals surface area (Å²) in [5.74, 6) is 0.413. The predicted octanol–water partition coefficient (Wildman–Crippen LogP) is 3.90. The summed E-state index contributed by atoms with van der Waals surface area (Å²) in [7, 11) is 0. The van der Waals surface area contributed by atoms with Crippen LogP contribution in [0.4, 0.5) is 0 Å². The van der Waals surface area contributed by atoms with Crippen LogP contribution < -0.4 is 5.56 Å². The summed E-state index contributed by atoms with van der Waals surface area (Å²) in [6.45, 7) is 8.95. The van der Waals surface area contributed by atoms with Gasteiger partial charge in [0, 0.05) is 23.5 Å². The molecule has 7 heteroatoms. The van der Waals surface area contributed by atoms with Crippen LogP contribution in [-0.2, 0) is 13.1 Å². The lowest BCUT2D eigenvalue weighted by atomic mass is 10.1. The summed E-state index contributed by atoms with van der Waals surface area (Å²) in [4.78, 5) is 24.6. The normalized spacial score (nSPS) is 11.3. The van der Waals surface area contributed by atoms with E-state index < -0.39 is 5.56 Å². The molecule has 2 aromatic rings. The standard InChI is InChI=1S/C17H21Cl2N3O2/c1-10(2)5-6-21-11(3)7-13(12(21)4)15(23)9-22-17(24)16(19)14(18)8-20-22/h7-8,10H,5-6,9H2,1-4H3. The molecule has 130 valence electrons. The third-order valence-corrected chi connectivity index (χ3v) is 4.79. The zero-order valence-corrected chi connectivity index (χ0v) is 15.8. The van der Waals surface area contributed by atoms with Gasteiger partial charge >= 0.3 is 0 Å². The van der Waals surface area contributed by atoms with Gasteiger partial charge in [0.2, 0.25) is 0 Å². The fraction of sp³-hybridized carbons (Fsp3) is 0.471. The summed E-state index contributed by atoms with van der Waals surface area (Å²) in [6.07, 6.45) is 2.31. The van der Waals surface area contributed by atoms with E-state index in [4.69, 9.17) is 23.2 Å². The maximum atomic E-state index is 12.6. The van der Waals surface area contributed by atoms with E-state index in [0.717, 1.165) is 29.0 Å². The molecule has 5 nitrogen and oxygen atoms in total. The average molecular weight is 370 g/mol. The Bertz CT molecular complexity index is 822. The van der Waals surface area contributed by atoms with Crippen LogP contribution in [0, 0.1) is 19.8 Å². The number of rotatable bonds is 6. The SMILES string of the molecule is Cc1cc(C(=O)Cn2ncc(Cl)c(Cl)c2=O)c(C)n1CCC(C)C. The average Bonchev–Trinajstić information content (AvgIpc) is 2.80. The largest absolute Gasteiger partial charge is 0.348 e. The van der Waals surface area contributed by atoms with E-state index in [0.29, 0.717) is 11.5 Å². The number of halogens is 2. The van der Waals surface area contributed by atoms with Gasteiger partial charge in [-0.15, -0.1) is 0 Å². The smallest absolute Gasteiger partial charge is 0.287 e. The molecule has 0 saturated carbocycles. The number of nitrogens with zero attached hydrogens (tertiary/aromatic N) is 3. The van der Waals surface area contributed by atoms with Gasteiger partial charge in [0.25, 0.3) is 5.56 Å². The zero-order valence-electron chi connectivity index (χ0n) is 14.3. The summed E-state index contributed by atoms with van der Waals surface area (Å²) >= 11 is 11.6. The van der Waals surface area contributed by atoms with Crippen molar-refractivity contribution < 1.29 is 4.79 Å². The third-order valence-electron chi connectivity index (χ3n) is 4.04. The fourth-order valence-corrected chi connectivity index (χ4v) is 2.86. The van der Waals surface area contributed by atoms with Crippen LogP contribution in [0.5, 0.6) is 0 Å². The molecule has 0 aromatic carbocycles. The molecule has 0 spiro atoms. The van der Waals surface area contributed by atoms with Gasteiger partial charge in [0.15, 0.2) is 5.78 Å². The van der Waals surface area contributed by atoms with E-state index in [9.17, 15) is 9.59 Å². The van der Waals surface area contributed by atoms with E-state index in [1.807, 2.05) is 19.9 Å². The van der Waals surface area contributed by atoms with Crippen molar-refractivity contribution in [2.45, 2.75) is 47.2 Å². The maximum Gasteiger partial charge on any atom is 0.287 e. The Morgan fingerprint density at radius 2 is 1.96 bits per heavy atom. The van der Waals surface area contributed by atoms with Crippen molar-refractivity contribution in [2.24, 2.45) is 5.92 Å². The topological polar surface area (TPSA) is 56.9 Å². The van der Waals surface area contributed by atoms with E-state index in [1.165, 1.54) is 6.20 Å². The molecule has 0 aliphatic heterocycles. The highest BCUT2D eigenvalue weighted by Crippen LogP contribution is 2.19. The maximum absolute atomic E-state index is 12.6. The Labute approximate surface area is 151 Å². The number of hydrogen-bond donors (Lipinski definition) is 0. The summed E-state index contributed by atoms with van der Waals surface area (Å²) in [5.41, 5.74) is 1.99. The van der Waals surface area contributed by atoms with Crippen molar-refractivity contribution in [3.63, 3.8) is 0 Å². The van der Waals surface area contributed by atoms with E-state index >= 15 is 0 Å². The molecule has 2 aromatic heterocycles. The summed E-state index contributed by atoms with van der Waals surface area (Å²) in [6, 6.07) is 1.86. The van der Waals surface area contributed by atoms with Gasteiger partial charge in [0.1, 0.15) is 11.6 Å². The Morgan fingerprint density at radius 1 is 1.29 bits per heavy atom. The van der Waals surface area contributed by atoms with Gasteiger partial charge < -0.3 is 4.57 Å². The minimum atomic E-state index is -0.564. The van der Waals surface area contributed by atoms with Crippen molar-refractivity contribution in [1.29, 1.82) is 0 Å². The molecular formula is C17H21Cl2N3O2. The number of aryl methyl sites for hydroxylation is 1. The van der Waals surface area contributed by atoms with Crippen molar-refractivity contribution in [3.05, 3.63) is 49.6 Å². The fourth-order valence-electron chi connectivity index (χ4n) is 2.59. The van der Waals surface area contributed by atoms with Gasteiger partial charge in [-0.25, -0.2) is 4.68 Å². The predicted molar refractivity (Wildman–Crippen MR) is 96.2 cm³/mol. The molecule has 0 fully saturated rings. The van der Waals surface area contributed by atoms with Crippen molar-refractivity contribution in [1.82, 2.24) is 14.3 Å². The van der Waals surface area contributed by atoms with Crippen LogP contribution in [0.1, 0.15) is 42.0 Å². The highest BCUT2D eigenvalue weighted by molar-refractivity contribution is 6.41. The number of aromatic nitrogens is 3. The molecule has 2 rings (SSSR count). The van der Waals surface area contributed by atoms with Crippen molar-refractivity contribution in [2.75, 3.05) is 0 Å². The first-order valence-electron chi connectivity index (χ1n) is 7.83. The summed E-state index contributed by atoms with van der Waals surface area (Å²) in [5, 5.41) is 3.84. The minimum Gasteiger partial charge on any atom is -0.348 e. The lowest BCUT2D eigenvalue weighted by molar-refractivity contribution is 0.0965. The van der Waals surface area contributed by atoms with Gasteiger partial charge in [-0.2, -0.15) is 5.10 Å². The van der Waals surface area contributed by atoms with Gasteiger partial charge in [0.05, 0.1) is 11.2 Å². The highest BCUT2D eigenvalue weighted by atomic mass is 35.5. The quantitative estimate of drug-likeness (QED) is 0.725. The second-order valence-corrected chi connectivity index (χ2v) is 7.10.